The van der Waals surface area contributed by atoms with Crippen molar-refractivity contribution in [3.8, 4) is 22.8 Å². The molecule has 5 heteroatoms. The van der Waals surface area contributed by atoms with Gasteiger partial charge in [-0.1, -0.05) is 35.4 Å². The van der Waals surface area contributed by atoms with E-state index in [-0.39, 0.29) is 17.0 Å². The molecule has 0 N–H and O–H groups in total. The largest absolute Gasteiger partial charge is 1.00 e. The Morgan fingerprint density at radius 2 is 1.81 bits per heavy atom. The van der Waals surface area contributed by atoms with Crippen LogP contribution >= 0.6 is 11.6 Å². The summed E-state index contributed by atoms with van der Waals surface area (Å²) in [4.78, 5) is 4.43. The lowest BCUT2D eigenvalue weighted by molar-refractivity contribution is -0.687. The van der Waals surface area contributed by atoms with Crippen LogP contribution in [0.5, 0.6) is 0 Å². The Morgan fingerprint density at radius 1 is 1.00 bits per heavy atom. The lowest BCUT2D eigenvalue weighted by Gasteiger charge is -2.01. The number of hydrogen-bond donors (Lipinski definition) is 0. The van der Waals surface area contributed by atoms with Gasteiger partial charge in [-0.25, -0.2) is 4.98 Å². The number of oxazole rings is 1. The monoisotopic (exact) mass is 440 g/mol. The highest BCUT2D eigenvalue weighted by molar-refractivity contribution is 6.30. The Bertz CT molecular complexity index is 1040. The van der Waals surface area contributed by atoms with Crippen LogP contribution in [0.4, 0.5) is 0 Å². The van der Waals surface area contributed by atoms with E-state index in [0.29, 0.717) is 10.9 Å². The number of rotatable bonds is 4. The lowest BCUT2D eigenvalue weighted by atomic mass is 10.1. The zero-order chi connectivity index (χ0) is 17.9. The number of aryl methyl sites for hydroxylation is 1. The van der Waals surface area contributed by atoms with Gasteiger partial charge in [-0.15, -0.1) is 0 Å². The molecule has 2 aromatic carbocycles. The minimum atomic E-state index is 0. The summed E-state index contributed by atoms with van der Waals surface area (Å²) in [5.41, 5.74) is 4.43. The molecular formula is C22H18BrClN2O. The molecule has 0 unspecified atom stereocenters. The number of hydrogen-bond acceptors (Lipinski definition) is 2. The smallest absolute Gasteiger partial charge is 0.232 e. The van der Waals surface area contributed by atoms with E-state index in [9.17, 15) is 0 Å². The summed E-state index contributed by atoms with van der Waals surface area (Å²) in [5, 5.41) is 0.703. The van der Waals surface area contributed by atoms with Gasteiger partial charge in [0.05, 0.1) is 6.20 Å². The van der Waals surface area contributed by atoms with E-state index < -0.39 is 0 Å². The van der Waals surface area contributed by atoms with Crippen molar-refractivity contribution in [2.45, 2.75) is 13.5 Å². The minimum absolute atomic E-state index is 0. The third-order valence-electron chi connectivity index (χ3n) is 4.19. The molecular weight excluding hydrogens is 424 g/mol. The van der Waals surface area contributed by atoms with E-state index in [1.54, 1.807) is 6.20 Å². The van der Waals surface area contributed by atoms with E-state index in [0.717, 1.165) is 23.4 Å². The maximum atomic E-state index is 5.95. The van der Waals surface area contributed by atoms with Gasteiger partial charge < -0.3 is 21.4 Å². The molecule has 136 valence electrons. The first-order valence-corrected chi connectivity index (χ1v) is 8.82. The highest BCUT2D eigenvalue weighted by Crippen LogP contribution is 2.26. The molecule has 0 saturated heterocycles. The van der Waals surface area contributed by atoms with Crippen LogP contribution in [0, 0.1) is 6.92 Å². The van der Waals surface area contributed by atoms with Crippen LogP contribution in [0.1, 0.15) is 11.1 Å². The lowest BCUT2D eigenvalue weighted by Crippen LogP contribution is -3.00. The van der Waals surface area contributed by atoms with Crippen molar-refractivity contribution in [3.63, 3.8) is 0 Å². The van der Waals surface area contributed by atoms with E-state index >= 15 is 0 Å². The van der Waals surface area contributed by atoms with E-state index in [1.165, 1.54) is 11.1 Å². The molecule has 0 amide bonds. The predicted molar refractivity (Wildman–Crippen MR) is 103 cm³/mol. The third-order valence-corrected chi connectivity index (χ3v) is 4.44. The average Bonchev–Trinajstić information content (AvgIpc) is 3.13. The number of nitrogens with zero attached hydrogens (tertiary/aromatic N) is 2. The first kappa shape index (κ1) is 19.3. The highest BCUT2D eigenvalue weighted by Gasteiger charge is 2.12. The number of halogens is 2. The molecule has 4 aromatic rings. The topological polar surface area (TPSA) is 29.9 Å². The van der Waals surface area contributed by atoms with Crippen molar-refractivity contribution in [2.75, 3.05) is 0 Å². The molecule has 0 spiro atoms. The second kappa shape index (κ2) is 8.51. The molecule has 2 aromatic heterocycles. The number of aromatic nitrogens is 2. The highest BCUT2D eigenvalue weighted by atomic mass is 79.9. The predicted octanol–water partition coefficient (Wildman–Crippen LogP) is 2.31. The molecule has 0 aliphatic heterocycles. The van der Waals surface area contributed by atoms with Gasteiger partial charge >= 0.3 is 0 Å². The summed E-state index contributed by atoms with van der Waals surface area (Å²) in [6.45, 7) is 2.91. The number of pyridine rings is 1. The Balaban J connectivity index is 0.00000210. The normalized spacial score (nSPS) is 10.4. The van der Waals surface area contributed by atoms with Gasteiger partial charge in [0.1, 0.15) is 5.56 Å². The first-order chi connectivity index (χ1) is 12.7. The van der Waals surface area contributed by atoms with E-state index in [2.05, 4.69) is 53.1 Å². The van der Waals surface area contributed by atoms with Gasteiger partial charge in [-0.3, -0.25) is 0 Å². The Kier molecular flexibility index (Phi) is 6.09. The Hall–Kier alpha value is -2.43. The maximum Gasteiger partial charge on any atom is 0.232 e. The molecule has 4 rings (SSSR count). The van der Waals surface area contributed by atoms with Crippen molar-refractivity contribution < 1.29 is 26.0 Å². The molecule has 2 heterocycles. The van der Waals surface area contributed by atoms with Crippen LogP contribution in [0.3, 0.4) is 0 Å². The van der Waals surface area contributed by atoms with Crippen LogP contribution in [-0.2, 0) is 6.54 Å². The van der Waals surface area contributed by atoms with Crippen LogP contribution < -0.4 is 21.5 Å². The van der Waals surface area contributed by atoms with Crippen molar-refractivity contribution in [3.05, 3.63) is 95.4 Å². The van der Waals surface area contributed by atoms with Gasteiger partial charge in [0.15, 0.2) is 24.7 Å². The fourth-order valence-corrected chi connectivity index (χ4v) is 3.05. The fourth-order valence-electron chi connectivity index (χ4n) is 2.92. The van der Waals surface area contributed by atoms with Crippen LogP contribution in [-0.4, -0.2) is 4.98 Å². The summed E-state index contributed by atoms with van der Waals surface area (Å²) in [5.74, 6) is 1.33. The molecule has 3 nitrogen and oxygen atoms in total. The molecule has 0 radical (unpaired) electrons. The molecule has 0 aliphatic rings. The Morgan fingerprint density at radius 3 is 2.59 bits per heavy atom. The minimum Gasteiger partial charge on any atom is -1.00 e. The van der Waals surface area contributed by atoms with Crippen molar-refractivity contribution in [1.82, 2.24) is 4.98 Å². The average molecular weight is 442 g/mol. The zero-order valence-electron chi connectivity index (χ0n) is 14.8. The summed E-state index contributed by atoms with van der Waals surface area (Å²) in [6, 6.07) is 20.1. The molecule has 0 bridgehead atoms. The van der Waals surface area contributed by atoms with Gasteiger partial charge in [-0.2, -0.15) is 4.57 Å². The van der Waals surface area contributed by atoms with E-state index in [1.807, 2.05) is 36.4 Å². The van der Waals surface area contributed by atoms with Crippen LogP contribution in [0.2, 0.25) is 5.02 Å². The van der Waals surface area contributed by atoms with Crippen LogP contribution in [0.15, 0.2) is 83.7 Å². The quantitative estimate of drug-likeness (QED) is 0.455. The van der Waals surface area contributed by atoms with Gasteiger partial charge in [0, 0.05) is 22.2 Å². The third kappa shape index (κ3) is 4.65. The van der Waals surface area contributed by atoms with Gasteiger partial charge in [0.2, 0.25) is 5.89 Å². The van der Waals surface area contributed by atoms with Crippen molar-refractivity contribution >= 4 is 11.6 Å². The fraction of sp³-hybridized carbons (Fsp3) is 0.0909. The summed E-state index contributed by atoms with van der Waals surface area (Å²) in [6.07, 6.45) is 5.85. The summed E-state index contributed by atoms with van der Waals surface area (Å²) >= 11 is 5.94. The van der Waals surface area contributed by atoms with Crippen LogP contribution in [0.25, 0.3) is 22.8 Å². The number of benzene rings is 2. The molecule has 0 fully saturated rings. The zero-order valence-corrected chi connectivity index (χ0v) is 17.1. The Labute approximate surface area is 174 Å². The molecule has 0 saturated carbocycles. The molecule has 0 aliphatic carbocycles. The maximum absolute atomic E-state index is 5.95. The standard InChI is InChI=1S/C22H18ClN2O.BrH/c1-16-4-2-5-17(12-16)14-25-11-3-6-19(15-25)22-24-13-21(26-22)18-7-9-20(23)10-8-18;/h2-13,15H,14H2,1H3;1H/q+1;/p-1. The molecule has 27 heavy (non-hydrogen) atoms. The van der Waals surface area contributed by atoms with Gasteiger partial charge in [0.25, 0.3) is 0 Å². The van der Waals surface area contributed by atoms with E-state index in [4.69, 9.17) is 16.0 Å². The second-order valence-corrected chi connectivity index (χ2v) is 6.73. The van der Waals surface area contributed by atoms with Gasteiger partial charge in [-0.05, 0) is 43.3 Å². The summed E-state index contributed by atoms with van der Waals surface area (Å²) in [7, 11) is 0. The first-order valence-electron chi connectivity index (χ1n) is 8.44. The summed E-state index contributed by atoms with van der Waals surface area (Å²) < 4.78 is 8.09. The second-order valence-electron chi connectivity index (χ2n) is 6.29. The van der Waals surface area contributed by atoms with Crippen molar-refractivity contribution in [2.24, 2.45) is 0 Å². The molecule has 0 atom stereocenters. The SMILES string of the molecule is Cc1cccc(C[n+]2cccc(-c3ncc(-c4ccc(Cl)cc4)o3)c2)c1.[Br-]. The van der Waals surface area contributed by atoms with Crippen molar-refractivity contribution in [1.29, 1.82) is 0 Å².